The van der Waals surface area contributed by atoms with Crippen LogP contribution in [0, 0.1) is 0 Å². The average molecular weight is 247 g/mol. The van der Waals surface area contributed by atoms with Crippen LogP contribution in [0.1, 0.15) is 0 Å². The highest BCUT2D eigenvalue weighted by atomic mass is 16.5. The molecule has 96 valence electrons. The number of nitrogens with zero attached hydrogens (tertiary/aromatic N) is 2. The van der Waals surface area contributed by atoms with Crippen LogP contribution < -0.4 is 4.90 Å². The van der Waals surface area contributed by atoms with Crippen LogP contribution in [0.5, 0.6) is 0 Å². The summed E-state index contributed by atoms with van der Waals surface area (Å²) in [6, 6.07) is 4.06. The third-order valence-electron chi connectivity index (χ3n) is 3.25. The number of ether oxygens (including phenoxy) is 2. The van der Waals surface area contributed by atoms with Crippen LogP contribution in [0.2, 0.25) is 0 Å². The lowest BCUT2D eigenvalue weighted by molar-refractivity contribution is -0.0101. The normalized spacial score (nSPS) is 20.5. The summed E-state index contributed by atoms with van der Waals surface area (Å²) >= 11 is 0. The van der Waals surface area contributed by atoms with Crippen LogP contribution in [-0.2, 0) is 9.47 Å². The van der Waals surface area contributed by atoms with E-state index in [1.54, 1.807) is 7.11 Å². The summed E-state index contributed by atoms with van der Waals surface area (Å²) in [5, 5.41) is 1.16. The molecule has 2 aromatic rings. The molecular weight excluding hydrogens is 230 g/mol. The number of aromatic nitrogens is 2. The van der Waals surface area contributed by atoms with Crippen molar-refractivity contribution in [3.8, 4) is 0 Å². The van der Waals surface area contributed by atoms with Gasteiger partial charge in [-0.05, 0) is 12.1 Å². The van der Waals surface area contributed by atoms with Gasteiger partial charge in [-0.25, -0.2) is 4.98 Å². The molecule has 0 unspecified atom stereocenters. The van der Waals surface area contributed by atoms with Crippen molar-refractivity contribution < 1.29 is 9.47 Å². The Balaban J connectivity index is 1.87. The molecule has 1 fully saturated rings. The minimum atomic E-state index is 0.125. The van der Waals surface area contributed by atoms with E-state index in [-0.39, 0.29) is 6.10 Å². The summed E-state index contributed by atoms with van der Waals surface area (Å²) in [5.41, 5.74) is 1.12. The van der Waals surface area contributed by atoms with Crippen molar-refractivity contribution in [1.82, 2.24) is 9.97 Å². The quantitative estimate of drug-likeness (QED) is 0.891. The average Bonchev–Trinajstić information content (AvgIpc) is 2.87. The molecule has 0 radical (unpaired) electrons. The van der Waals surface area contributed by atoms with Crippen molar-refractivity contribution in [2.75, 3.05) is 38.3 Å². The van der Waals surface area contributed by atoms with Crippen LogP contribution in [0.15, 0.2) is 24.5 Å². The minimum Gasteiger partial charge on any atom is -0.382 e. The molecule has 2 aromatic heterocycles. The Hall–Kier alpha value is -1.59. The molecule has 5 heteroatoms. The number of nitrogens with one attached hydrogen (secondary N) is 1. The maximum Gasteiger partial charge on any atom is 0.138 e. The summed E-state index contributed by atoms with van der Waals surface area (Å²) in [6.07, 6.45) is 3.91. The summed E-state index contributed by atoms with van der Waals surface area (Å²) in [4.78, 5) is 9.99. The first-order valence-electron chi connectivity index (χ1n) is 6.16. The molecule has 0 bridgehead atoms. The molecule has 3 heterocycles. The number of fused-ring (bicyclic) bond motifs is 1. The number of hydrogen-bond acceptors (Lipinski definition) is 4. The third-order valence-corrected chi connectivity index (χ3v) is 3.25. The zero-order valence-electron chi connectivity index (χ0n) is 10.4. The second-order valence-electron chi connectivity index (χ2n) is 4.47. The van der Waals surface area contributed by atoms with Crippen molar-refractivity contribution in [1.29, 1.82) is 0 Å². The highest BCUT2D eigenvalue weighted by molar-refractivity contribution is 5.90. The summed E-state index contributed by atoms with van der Waals surface area (Å²) < 4.78 is 10.8. The molecule has 18 heavy (non-hydrogen) atoms. The highest BCUT2D eigenvalue weighted by Crippen LogP contribution is 2.24. The molecule has 0 aliphatic carbocycles. The summed E-state index contributed by atoms with van der Waals surface area (Å²) in [5.74, 6) is 1.03. The predicted octanol–water partition coefficient (Wildman–Crippen LogP) is 1.41. The Labute approximate surface area is 106 Å². The van der Waals surface area contributed by atoms with Gasteiger partial charge in [0.2, 0.25) is 0 Å². The number of anilines is 1. The number of H-pyrrole nitrogens is 1. The Morgan fingerprint density at radius 1 is 1.56 bits per heavy atom. The van der Waals surface area contributed by atoms with E-state index in [9.17, 15) is 0 Å². The van der Waals surface area contributed by atoms with Crippen LogP contribution in [0.4, 0.5) is 5.82 Å². The van der Waals surface area contributed by atoms with E-state index >= 15 is 0 Å². The molecule has 0 amide bonds. The van der Waals surface area contributed by atoms with Gasteiger partial charge in [-0.2, -0.15) is 0 Å². The van der Waals surface area contributed by atoms with Crippen molar-refractivity contribution >= 4 is 16.7 Å². The fourth-order valence-corrected chi connectivity index (χ4v) is 2.42. The van der Waals surface area contributed by atoms with Gasteiger partial charge in [0.1, 0.15) is 5.82 Å². The van der Waals surface area contributed by atoms with E-state index in [2.05, 4.69) is 20.9 Å². The Morgan fingerprint density at radius 2 is 2.50 bits per heavy atom. The standard InChI is InChI=1S/C13H17N3O2/c1-17-9-10-8-16(6-7-18-10)13-11-2-4-14-12(11)3-5-15-13/h2-5,10,14H,6-9H2,1H3/t10-/m0/s1. The number of aromatic amines is 1. The molecule has 0 spiro atoms. The molecule has 0 aromatic carbocycles. The summed E-state index contributed by atoms with van der Waals surface area (Å²) in [6.45, 7) is 3.04. The highest BCUT2D eigenvalue weighted by Gasteiger charge is 2.22. The summed E-state index contributed by atoms with van der Waals surface area (Å²) in [7, 11) is 1.70. The first-order chi connectivity index (χ1) is 8.88. The predicted molar refractivity (Wildman–Crippen MR) is 69.9 cm³/mol. The van der Waals surface area contributed by atoms with Crippen LogP contribution >= 0.6 is 0 Å². The maximum atomic E-state index is 5.66. The number of rotatable bonds is 3. The largest absolute Gasteiger partial charge is 0.382 e. The molecule has 1 aliphatic heterocycles. The van der Waals surface area contributed by atoms with E-state index < -0.39 is 0 Å². The lowest BCUT2D eigenvalue weighted by Crippen LogP contribution is -2.44. The fourth-order valence-electron chi connectivity index (χ4n) is 2.42. The third kappa shape index (κ3) is 2.07. The van der Waals surface area contributed by atoms with E-state index in [0.717, 1.165) is 36.4 Å². The van der Waals surface area contributed by atoms with E-state index in [1.165, 1.54) is 0 Å². The van der Waals surface area contributed by atoms with Crippen molar-refractivity contribution in [2.24, 2.45) is 0 Å². The maximum absolute atomic E-state index is 5.66. The van der Waals surface area contributed by atoms with Gasteiger partial charge in [0.25, 0.3) is 0 Å². The zero-order chi connectivity index (χ0) is 12.4. The fraction of sp³-hybridized carbons (Fsp3) is 0.462. The van der Waals surface area contributed by atoms with Gasteiger partial charge in [-0.3, -0.25) is 0 Å². The lowest BCUT2D eigenvalue weighted by Gasteiger charge is -2.33. The van der Waals surface area contributed by atoms with Gasteiger partial charge in [0.05, 0.1) is 24.8 Å². The van der Waals surface area contributed by atoms with Gasteiger partial charge >= 0.3 is 0 Å². The Morgan fingerprint density at radius 3 is 3.39 bits per heavy atom. The van der Waals surface area contributed by atoms with Crippen LogP contribution in [0.3, 0.4) is 0 Å². The van der Waals surface area contributed by atoms with Crippen LogP contribution in [-0.4, -0.2) is 49.5 Å². The van der Waals surface area contributed by atoms with Gasteiger partial charge in [-0.1, -0.05) is 0 Å². The zero-order valence-corrected chi connectivity index (χ0v) is 10.4. The number of pyridine rings is 1. The Kier molecular flexibility index (Phi) is 3.17. The molecule has 3 rings (SSSR count). The van der Waals surface area contributed by atoms with Gasteiger partial charge in [0, 0.05) is 38.0 Å². The van der Waals surface area contributed by atoms with E-state index in [1.807, 2.05) is 18.5 Å². The smallest absolute Gasteiger partial charge is 0.138 e. The number of morpholine rings is 1. The van der Waals surface area contributed by atoms with Gasteiger partial charge < -0.3 is 19.4 Å². The van der Waals surface area contributed by atoms with Crippen molar-refractivity contribution in [3.63, 3.8) is 0 Å². The first kappa shape index (κ1) is 11.5. The topological polar surface area (TPSA) is 50.4 Å². The van der Waals surface area contributed by atoms with Gasteiger partial charge in [-0.15, -0.1) is 0 Å². The molecule has 1 aliphatic rings. The minimum absolute atomic E-state index is 0.125. The molecule has 1 saturated heterocycles. The van der Waals surface area contributed by atoms with E-state index in [0.29, 0.717) is 6.61 Å². The van der Waals surface area contributed by atoms with Crippen molar-refractivity contribution in [2.45, 2.75) is 6.10 Å². The molecule has 1 atom stereocenters. The number of hydrogen-bond donors (Lipinski definition) is 1. The molecule has 1 N–H and O–H groups in total. The SMILES string of the molecule is COC[C@@H]1CN(c2nccc3[nH]ccc23)CCO1. The van der Waals surface area contributed by atoms with Crippen molar-refractivity contribution in [3.05, 3.63) is 24.5 Å². The molecule has 5 nitrogen and oxygen atoms in total. The Bertz CT molecular complexity index is 524. The second-order valence-corrected chi connectivity index (χ2v) is 4.47. The number of methoxy groups -OCH3 is 1. The first-order valence-corrected chi connectivity index (χ1v) is 6.16. The molecular formula is C13H17N3O2. The van der Waals surface area contributed by atoms with Gasteiger partial charge in [0.15, 0.2) is 0 Å². The monoisotopic (exact) mass is 247 g/mol. The lowest BCUT2D eigenvalue weighted by atomic mass is 10.2. The van der Waals surface area contributed by atoms with Crippen LogP contribution in [0.25, 0.3) is 10.9 Å². The second kappa shape index (κ2) is 4.96. The van der Waals surface area contributed by atoms with E-state index in [4.69, 9.17) is 9.47 Å². The molecule has 0 saturated carbocycles.